The smallest absolute Gasteiger partial charge is 0.316 e. The number of epoxide rings is 1. The van der Waals surface area contributed by atoms with Gasteiger partial charge in [-0.1, -0.05) is 45.1 Å². The minimum atomic E-state index is -1.76. The third-order valence-corrected chi connectivity index (χ3v) is 10.6. The summed E-state index contributed by atoms with van der Waals surface area (Å²) in [4.78, 5) is 13.9. The Morgan fingerprint density at radius 1 is 1.10 bits per heavy atom. The second kappa shape index (κ2) is 10.5. The summed E-state index contributed by atoms with van der Waals surface area (Å²) in [5.74, 6) is -2.30. The SMILES string of the molecule is CCC1O[C@]2(CC[C@@H]1C)C[C@@H]1C[C@@H](C[C@@H]3O[C@@]3(C)[C@H](O)[C@@H](C)/C=C/C=C3\CO[C@@H]4[C@H](O)C(C)=C[C@@H](C(=O)O1)[C@]34O)O2. The molecule has 3 N–H and O–H groups in total. The van der Waals surface area contributed by atoms with Gasteiger partial charge in [0.25, 0.3) is 0 Å². The molecule has 0 aromatic rings. The number of aliphatic hydroxyl groups is 3. The summed E-state index contributed by atoms with van der Waals surface area (Å²) < 4.78 is 31.5. The first-order valence-corrected chi connectivity index (χ1v) is 15.4. The molecule has 0 aromatic carbocycles. The topological polar surface area (TPSA) is 127 Å². The molecule has 9 heteroatoms. The van der Waals surface area contributed by atoms with Crippen molar-refractivity contribution in [1.82, 2.24) is 0 Å². The molecule has 9 nitrogen and oxygen atoms in total. The van der Waals surface area contributed by atoms with Gasteiger partial charge in [-0.3, -0.25) is 4.79 Å². The molecule has 4 saturated heterocycles. The molecule has 5 heterocycles. The Hall–Kier alpha value is -1.59. The molecule has 4 fully saturated rings. The molecule has 1 unspecified atom stereocenters. The molecule has 0 amide bonds. The summed E-state index contributed by atoms with van der Waals surface area (Å²) in [5, 5.41) is 34.2. The Bertz CT molecular complexity index is 1130. The zero-order chi connectivity index (χ0) is 29.3. The van der Waals surface area contributed by atoms with Crippen LogP contribution in [-0.2, 0) is 28.5 Å². The predicted molar refractivity (Wildman–Crippen MR) is 149 cm³/mol. The summed E-state index contributed by atoms with van der Waals surface area (Å²) in [6.45, 7) is 9.97. The molecule has 6 aliphatic rings. The van der Waals surface area contributed by atoms with Crippen LogP contribution < -0.4 is 0 Å². The fraction of sp³-hybridized carbons (Fsp3) is 0.781. The first-order chi connectivity index (χ1) is 19.4. The number of esters is 1. The predicted octanol–water partition coefficient (Wildman–Crippen LogP) is 3.11. The van der Waals surface area contributed by atoms with Crippen LogP contribution in [0.5, 0.6) is 0 Å². The van der Waals surface area contributed by atoms with E-state index in [-0.39, 0.29) is 30.8 Å². The normalized spacial score (nSPS) is 53.8. The van der Waals surface area contributed by atoms with Gasteiger partial charge in [0.05, 0.1) is 31.0 Å². The largest absolute Gasteiger partial charge is 0.462 e. The van der Waals surface area contributed by atoms with Crippen molar-refractivity contribution in [3.05, 3.63) is 35.5 Å². The van der Waals surface area contributed by atoms with E-state index in [1.807, 2.05) is 19.9 Å². The van der Waals surface area contributed by atoms with Crippen molar-refractivity contribution in [3.63, 3.8) is 0 Å². The highest BCUT2D eigenvalue weighted by molar-refractivity contribution is 5.78. The molecule has 228 valence electrons. The monoisotopic (exact) mass is 574 g/mol. The van der Waals surface area contributed by atoms with Gasteiger partial charge in [-0.25, -0.2) is 0 Å². The van der Waals surface area contributed by atoms with Crippen LogP contribution in [-0.4, -0.2) is 87.6 Å². The van der Waals surface area contributed by atoms with Crippen molar-refractivity contribution >= 4 is 5.97 Å². The molecule has 0 saturated carbocycles. The summed E-state index contributed by atoms with van der Waals surface area (Å²) >= 11 is 0. The highest BCUT2D eigenvalue weighted by Crippen LogP contribution is 2.50. The summed E-state index contributed by atoms with van der Waals surface area (Å²) in [6, 6.07) is 0. The number of ether oxygens (including phenoxy) is 5. The summed E-state index contributed by atoms with van der Waals surface area (Å²) in [6.07, 6.45) is 7.18. The van der Waals surface area contributed by atoms with Gasteiger partial charge in [0.1, 0.15) is 35.4 Å². The lowest BCUT2D eigenvalue weighted by Gasteiger charge is -2.50. The van der Waals surface area contributed by atoms with Crippen LogP contribution in [0.1, 0.15) is 73.1 Å². The zero-order valence-electron chi connectivity index (χ0n) is 24.8. The molecule has 0 aromatic heterocycles. The van der Waals surface area contributed by atoms with Crippen molar-refractivity contribution in [2.24, 2.45) is 17.8 Å². The fourth-order valence-electron chi connectivity index (χ4n) is 7.90. The van der Waals surface area contributed by atoms with E-state index in [0.717, 1.165) is 12.8 Å². The Morgan fingerprint density at radius 2 is 1.88 bits per heavy atom. The van der Waals surface area contributed by atoms with Crippen LogP contribution in [0.2, 0.25) is 0 Å². The van der Waals surface area contributed by atoms with Gasteiger partial charge >= 0.3 is 5.97 Å². The highest BCUT2D eigenvalue weighted by Gasteiger charge is 2.62. The number of fused-ring (bicyclic) bond motifs is 3. The third kappa shape index (κ3) is 4.95. The van der Waals surface area contributed by atoms with Crippen LogP contribution in [0.3, 0.4) is 0 Å². The van der Waals surface area contributed by atoms with Gasteiger partial charge in [-0.05, 0) is 43.8 Å². The Balaban J connectivity index is 1.37. The maximum Gasteiger partial charge on any atom is 0.316 e. The average molecular weight is 575 g/mol. The van der Waals surface area contributed by atoms with Crippen LogP contribution in [0.25, 0.3) is 0 Å². The Morgan fingerprint density at radius 3 is 2.63 bits per heavy atom. The van der Waals surface area contributed by atoms with E-state index < -0.39 is 53.3 Å². The quantitative estimate of drug-likeness (QED) is 0.246. The molecule has 1 aliphatic carbocycles. The molecule has 1 spiro atoms. The Kier molecular flexibility index (Phi) is 7.58. The van der Waals surface area contributed by atoms with Crippen molar-refractivity contribution in [2.75, 3.05) is 6.61 Å². The minimum Gasteiger partial charge on any atom is -0.462 e. The molecule has 0 radical (unpaired) electrons. The third-order valence-electron chi connectivity index (χ3n) is 10.6. The first kappa shape index (κ1) is 29.5. The molecule has 6 rings (SSSR count). The molecule has 2 bridgehead atoms. The van der Waals surface area contributed by atoms with Crippen LogP contribution >= 0.6 is 0 Å². The average Bonchev–Trinajstić information content (AvgIpc) is 3.45. The van der Waals surface area contributed by atoms with Crippen molar-refractivity contribution < 1.29 is 43.8 Å². The lowest BCUT2D eigenvalue weighted by atomic mass is 9.71. The van der Waals surface area contributed by atoms with Gasteiger partial charge in [0, 0.05) is 31.6 Å². The number of carbonyl (C=O) groups is 1. The number of hydrogen-bond acceptors (Lipinski definition) is 9. The summed E-state index contributed by atoms with van der Waals surface area (Å²) in [5.41, 5.74) is -1.43. The Labute approximate surface area is 242 Å². The van der Waals surface area contributed by atoms with Crippen molar-refractivity contribution in [3.8, 4) is 0 Å². The van der Waals surface area contributed by atoms with Gasteiger partial charge in [-0.2, -0.15) is 0 Å². The van der Waals surface area contributed by atoms with Gasteiger partial charge in [0.15, 0.2) is 5.79 Å². The molecule has 41 heavy (non-hydrogen) atoms. The van der Waals surface area contributed by atoms with Crippen LogP contribution in [0.15, 0.2) is 35.5 Å². The number of hydrogen-bond donors (Lipinski definition) is 3. The molecular formula is C32H46O9. The fourth-order valence-corrected chi connectivity index (χ4v) is 7.90. The number of aliphatic hydroxyl groups excluding tert-OH is 2. The van der Waals surface area contributed by atoms with Gasteiger partial charge < -0.3 is 39.0 Å². The number of rotatable bonds is 1. The number of allylic oxidation sites excluding steroid dienone is 2. The lowest BCUT2D eigenvalue weighted by molar-refractivity contribution is -0.336. The summed E-state index contributed by atoms with van der Waals surface area (Å²) in [7, 11) is 0. The van der Waals surface area contributed by atoms with E-state index in [9.17, 15) is 20.1 Å². The van der Waals surface area contributed by atoms with Crippen LogP contribution in [0.4, 0.5) is 0 Å². The van der Waals surface area contributed by atoms with E-state index in [0.29, 0.717) is 42.7 Å². The van der Waals surface area contributed by atoms with Crippen molar-refractivity contribution in [1.29, 1.82) is 0 Å². The van der Waals surface area contributed by atoms with E-state index in [2.05, 4.69) is 13.8 Å². The van der Waals surface area contributed by atoms with Gasteiger partial charge in [-0.15, -0.1) is 0 Å². The van der Waals surface area contributed by atoms with Gasteiger partial charge in [0.2, 0.25) is 0 Å². The maximum atomic E-state index is 13.9. The standard InChI is InChI=1S/C32H46O9/c1-6-24-17(2)10-11-31(40-24)15-22-13-21(39-31)14-25-30(5,41-25)27(34)18(3)8-7-9-20-16-37-28-26(33)19(4)12-23(29(35)38-22)32(20,28)36/h7-9,12,17-18,21-28,33-34,36H,6,10-11,13-16H2,1-5H3/b8-7+,20-9+/t17-,18-,21-,22-,23-,24?,25-,26+,27+,28+,30+,31+,32+/m0/s1. The minimum absolute atomic E-state index is 0.0452. The molecule has 5 aliphatic heterocycles. The maximum absolute atomic E-state index is 13.9. The van der Waals surface area contributed by atoms with E-state index >= 15 is 0 Å². The van der Waals surface area contributed by atoms with E-state index in [1.54, 1.807) is 25.2 Å². The van der Waals surface area contributed by atoms with Crippen molar-refractivity contribution in [2.45, 2.75) is 133 Å². The second-order valence-corrected chi connectivity index (χ2v) is 13.5. The number of carbonyl (C=O) groups excluding carboxylic acids is 1. The zero-order valence-corrected chi connectivity index (χ0v) is 24.8. The van der Waals surface area contributed by atoms with Crippen LogP contribution in [0, 0.1) is 17.8 Å². The highest BCUT2D eigenvalue weighted by atomic mass is 16.7. The first-order valence-electron chi connectivity index (χ1n) is 15.4. The van der Waals surface area contributed by atoms with E-state index in [4.69, 9.17) is 23.7 Å². The second-order valence-electron chi connectivity index (χ2n) is 13.5. The lowest BCUT2D eigenvalue weighted by Crippen LogP contribution is -2.58. The molecule has 13 atom stereocenters. The van der Waals surface area contributed by atoms with E-state index in [1.165, 1.54) is 0 Å². The molecular weight excluding hydrogens is 528 g/mol.